The van der Waals surface area contributed by atoms with Gasteiger partial charge in [0.2, 0.25) is 0 Å². The maximum absolute atomic E-state index is 5.20. The molecule has 1 rings (SSSR count). The summed E-state index contributed by atoms with van der Waals surface area (Å²) in [5.74, 6) is 1.02. The molecule has 0 amide bonds. The Balaban J connectivity index is 3.14. The number of hydrogen-bond acceptors (Lipinski definition) is 1. The molecule has 0 saturated heterocycles. The Hall–Kier alpha value is 0.01000. The summed E-state index contributed by atoms with van der Waals surface area (Å²) in [6.07, 6.45) is 0. The molecule has 0 aliphatic rings. The Labute approximate surface area is 62.2 Å². The van der Waals surface area contributed by atoms with E-state index < -0.39 is 0 Å². The van der Waals surface area contributed by atoms with Gasteiger partial charge in [0.1, 0.15) is 5.76 Å². The zero-order valence-electron chi connectivity index (χ0n) is 4.86. The van der Waals surface area contributed by atoms with E-state index in [9.17, 15) is 0 Å². The molecule has 8 heavy (non-hydrogen) atoms. The standard InChI is InChI=1S/C6H7IO/c1-4-3-6(7)8-5(4)2/h3H,1-2H3. The second kappa shape index (κ2) is 2.09. The predicted octanol–water partition coefficient (Wildman–Crippen LogP) is 2.50. The van der Waals surface area contributed by atoms with Crippen LogP contribution in [0.25, 0.3) is 0 Å². The van der Waals surface area contributed by atoms with Crippen molar-refractivity contribution in [2.24, 2.45) is 0 Å². The quantitative estimate of drug-likeness (QED) is 0.614. The molecule has 44 valence electrons. The van der Waals surface area contributed by atoms with Gasteiger partial charge in [-0.15, -0.1) is 0 Å². The molecule has 1 heterocycles. The summed E-state index contributed by atoms with van der Waals surface area (Å²) in [7, 11) is 0. The van der Waals surface area contributed by atoms with Crippen LogP contribution in [0.15, 0.2) is 10.5 Å². The average Bonchev–Trinajstić information content (AvgIpc) is 1.85. The van der Waals surface area contributed by atoms with E-state index in [1.165, 1.54) is 5.56 Å². The molecule has 2 heteroatoms. The summed E-state index contributed by atoms with van der Waals surface area (Å²) >= 11 is 2.16. The average molecular weight is 222 g/mol. The van der Waals surface area contributed by atoms with Crippen LogP contribution in [0.5, 0.6) is 0 Å². The van der Waals surface area contributed by atoms with Crippen molar-refractivity contribution in [3.8, 4) is 0 Å². The Morgan fingerprint density at radius 1 is 1.50 bits per heavy atom. The van der Waals surface area contributed by atoms with Gasteiger partial charge in [-0.1, -0.05) is 0 Å². The minimum absolute atomic E-state index is 0.970. The molecule has 1 aromatic rings. The number of aryl methyl sites for hydroxylation is 2. The number of halogens is 1. The lowest BCUT2D eigenvalue weighted by Gasteiger charge is -1.79. The molecule has 1 nitrogen and oxygen atoms in total. The van der Waals surface area contributed by atoms with Gasteiger partial charge in [-0.2, -0.15) is 0 Å². The third-order valence-corrected chi connectivity index (χ3v) is 1.67. The first-order valence-corrected chi connectivity index (χ1v) is 3.50. The van der Waals surface area contributed by atoms with Gasteiger partial charge >= 0.3 is 0 Å². The lowest BCUT2D eigenvalue weighted by molar-refractivity contribution is 0.505. The van der Waals surface area contributed by atoms with Crippen molar-refractivity contribution in [3.63, 3.8) is 0 Å². The molecular weight excluding hydrogens is 215 g/mol. The van der Waals surface area contributed by atoms with Crippen molar-refractivity contribution in [3.05, 3.63) is 21.2 Å². The van der Waals surface area contributed by atoms with Crippen LogP contribution in [-0.4, -0.2) is 0 Å². The Bertz CT molecular complexity index is 171. The molecule has 0 aliphatic heterocycles. The van der Waals surface area contributed by atoms with E-state index in [4.69, 9.17) is 4.42 Å². The van der Waals surface area contributed by atoms with Crippen LogP contribution in [0, 0.1) is 17.6 Å². The van der Waals surface area contributed by atoms with Crippen LogP contribution < -0.4 is 0 Å². The minimum Gasteiger partial charge on any atom is -0.455 e. The second-order valence-corrected chi connectivity index (χ2v) is 2.85. The lowest BCUT2D eigenvalue weighted by Crippen LogP contribution is -1.63. The molecule has 1 aromatic heterocycles. The van der Waals surface area contributed by atoms with Gasteiger partial charge in [-0.3, -0.25) is 0 Å². The summed E-state index contributed by atoms with van der Waals surface area (Å²) in [6.45, 7) is 4.01. The van der Waals surface area contributed by atoms with Gasteiger partial charge < -0.3 is 4.42 Å². The predicted molar refractivity (Wildman–Crippen MR) is 40.9 cm³/mol. The smallest absolute Gasteiger partial charge is 0.164 e. The summed E-state index contributed by atoms with van der Waals surface area (Å²) in [6, 6.07) is 2.02. The summed E-state index contributed by atoms with van der Waals surface area (Å²) in [5.41, 5.74) is 1.23. The number of rotatable bonds is 0. The third-order valence-electron chi connectivity index (χ3n) is 1.14. The molecule has 0 bridgehead atoms. The van der Waals surface area contributed by atoms with Crippen molar-refractivity contribution >= 4 is 22.6 Å². The van der Waals surface area contributed by atoms with E-state index in [1.807, 2.05) is 19.9 Å². The maximum atomic E-state index is 5.20. The highest BCUT2D eigenvalue weighted by Crippen LogP contribution is 2.13. The van der Waals surface area contributed by atoms with Crippen LogP contribution in [0.3, 0.4) is 0 Å². The van der Waals surface area contributed by atoms with Crippen molar-refractivity contribution in [2.45, 2.75) is 13.8 Å². The van der Waals surface area contributed by atoms with Crippen LogP contribution in [-0.2, 0) is 0 Å². The molecule has 0 radical (unpaired) electrons. The number of hydrogen-bond donors (Lipinski definition) is 0. The molecule has 0 saturated carbocycles. The molecule has 0 spiro atoms. The fourth-order valence-corrected chi connectivity index (χ4v) is 1.33. The first kappa shape index (κ1) is 6.13. The van der Waals surface area contributed by atoms with Gasteiger partial charge in [0.15, 0.2) is 3.77 Å². The molecule has 0 unspecified atom stereocenters. The Kier molecular flexibility index (Phi) is 1.60. The van der Waals surface area contributed by atoms with E-state index in [0.29, 0.717) is 0 Å². The van der Waals surface area contributed by atoms with Gasteiger partial charge in [-0.05, 0) is 48.1 Å². The maximum Gasteiger partial charge on any atom is 0.164 e. The molecule has 0 atom stereocenters. The first-order valence-electron chi connectivity index (χ1n) is 2.42. The highest BCUT2D eigenvalue weighted by Gasteiger charge is 1.96. The van der Waals surface area contributed by atoms with E-state index >= 15 is 0 Å². The zero-order valence-corrected chi connectivity index (χ0v) is 7.02. The van der Waals surface area contributed by atoms with Crippen molar-refractivity contribution < 1.29 is 4.42 Å². The topological polar surface area (TPSA) is 13.1 Å². The Morgan fingerprint density at radius 3 is 2.25 bits per heavy atom. The lowest BCUT2D eigenvalue weighted by atomic mass is 10.3. The molecule has 0 fully saturated rings. The highest BCUT2D eigenvalue weighted by atomic mass is 127. The summed E-state index contributed by atoms with van der Waals surface area (Å²) < 4.78 is 6.17. The molecular formula is C6H7IO. The summed E-state index contributed by atoms with van der Waals surface area (Å²) in [4.78, 5) is 0. The van der Waals surface area contributed by atoms with E-state index in [0.717, 1.165) is 9.53 Å². The first-order chi connectivity index (χ1) is 3.70. The van der Waals surface area contributed by atoms with E-state index in [2.05, 4.69) is 22.6 Å². The molecule has 0 aromatic carbocycles. The number of furan rings is 1. The fourth-order valence-electron chi connectivity index (χ4n) is 0.528. The molecule has 0 aliphatic carbocycles. The van der Waals surface area contributed by atoms with Crippen molar-refractivity contribution in [1.29, 1.82) is 0 Å². The van der Waals surface area contributed by atoms with Crippen LogP contribution in [0.1, 0.15) is 11.3 Å². The SMILES string of the molecule is Cc1cc(I)oc1C. The van der Waals surface area contributed by atoms with Gasteiger partial charge in [0.05, 0.1) is 0 Å². The highest BCUT2D eigenvalue weighted by molar-refractivity contribution is 14.1. The minimum atomic E-state index is 0.970. The van der Waals surface area contributed by atoms with Crippen LogP contribution >= 0.6 is 22.6 Å². The van der Waals surface area contributed by atoms with E-state index in [1.54, 1.807) is 0 Å². The van der Waals surface area contributed by atoms with Crippen LogP contribution in [0.2, 0.25) is 0 Å². The van der Waals surface area contributed by atoms with Gasteiger partial charge in [0, 0.05) is 0 Å². The van der Waals surface area contributed by atoms with E-state index in [-0.39, 0.29) is 0 Å². The van der Waals surface area contributed by atoms with Gasteiger partial charge in [0.25, 0.3) is 0 Å². The zero-order chi connectivity index (χ0) is 6.15. The third kappa shape index (κ3) is 1.05. The normalized spacial score (nSPS) is 9.88. The largest absolute Gasteiger partial charge is 0.455 e. The summed E-state index contributed by atoms with van der Waals surface area (Å²) in [5, 5.41) is 0. The monoisotopic (exact) mass is 222 g/mol. The van der Waals surface area contributed by atoms with Crippen molar-refractivity contribution in [2.75, 3.05) is 0 Å². The van der Waals surface area contributed by atoms with Crippen LogP contribution in [0.4, 0.5) is 0 Å². The molecule has 0 N–H and O–H groups in total. The Morgan fingerprint density at radius 2 is 2.12 bits per heavy atom. The fraction of sp³-hybridized carbons (Fsp3) is 0.333. The second-order valence-electron chi connectivity index (χ2n) is 1.79. The van der Waals surface area contributed by atoms with Gasteiger partial charge in [-0.25, -0.2) is 0 Å². The van der Waals surface area contributed by atoms with Crippen molar-refractivity contribution in [1.82, 2.24) is 0 Å².